The molecule has 2 aromatic carbocycles. The molecule has 0 saturated heterocycles. The van der Waals surface area contributed by atoms with E-state index in [9.17, 15) is 0 Å². The Morgan fingerprint density at radius 2 is 1.95 bits per heavy atom. The summed E-state index contributed by atoms with van der Waals surface area (Å²) in [5, 5.41) is 0.762. The maximum atomic E-state index is 6.28. The molecule has 0 spiro atoms. The van der Waals surface area contributed by atoms with Crippen molar-refractivity contribution in [3.05, 3.63) is 58.4 Å². The maximum Gasteiger partial charge on any atom is 0.115 e. The summed E-state index contributed by atoms with van der Waals surface area (Å²) in [5.41, 5.74) is 5.40. The Bertz CT molecular complexity index is 806. The average molecular weight is 319 g/mol. The minimum atomic E-state index is 0.544. The summed E-state index contributed by atoms with van der Waals surface area (Å²) < 4.78 is 2.17. The second-order valence-electron chi connectivity index (χ2n) is 5.18. The van der Waals surface area contributed by atoms with E-state index in [-0.39, 0.29) is 0 Å². The van der Waals surface area contributed by atoms with Gasteiger partial charge in [-0.3, -0.25) is 4.57 Å². The van der Waals surface area contributed by atoms with Gasteiger partial charge in [0.2, 0.25) is 0 Å². The molecule has 0 aliphatic heterocycles. The first-order valence-electron chi connectivity index (χ1n) is 6.91. The lowest BCUT2D eigenvalue weighted by Gasteiger charge is -2.12. The Kier molecular flexibility index (Phi) is 3.92. The molecule has 0 N–H and O–H groups in total. The van der Waals surface area contributed by atoms with E-state index in [0.717, 1.165) is 39.6 Å². The van der Waals surface area contributed by atoms with Crippen LogP contribution >= 0.6 is 23.2 Å². The van der Waals surface area contributed by atoms with Crippen LogP contribution < -0.4 is 0 Å². The number of benzene rings is 2. The zero-order valence-corrected chi connectivity index (χ0v) is 13.5. The van der Waals surface area contributed by atoms with Crippen molar-refractivity contribution in [2.24, 2.45) is 0 Å². The molecule has 4 heteroatoms. The summed E-state index contributed by atoms with van der Waals surface area (Å²) in [7, 11) is 0. The van der Waals surface area contributed by atoms with Crippen LogP contribution in [0, 0.1) is 13.8 Å². The minimum Gasteiger partial charge on any atom is -0.296 e. The van der Waals surface area contributed by atoms with Gasteiger partial charge < -0.3 is 0 Å². The number of rotatable bonds is 3. The third-order valence-corrected chi connectivity index (χ3v) is 4.28. The molecule has 3 aromatic rings. The number of aryl methyl sites for hydroxylation is 2. The number of aromatic nitrogens is 2. The van der Waals surface area contributed by atoms with Crippen molar-refractivity contribution in [3.8, 4) is 5.69 Å². The van der Waals surface area contributed by atoms with Gasteiger partial charge in [0.05, 0.1) is 16.7 Å². The lowest BCUT2D eigenvalue weighted by atomic mass is 10.1. The van der Waals surface area contributed by atoms with E-state index in [0.29, 0.717) is 5.88 Å². The highest BCUT2D eigenvalue weighted by atomic mass is 35.5. The Hall–Kier alpha value is -1.51. The lowest BCUT2D eigenvalue weighted by molar-refractivity contribution is 0.907. The fourth-order valence-corrected chi connectivity index (χ4v) is 2.94. The number of fused-ring (bicyclic) bond motifs is 1. The van der Waals surface area contributed by atoms with E-state index in [1.54, 1.807) is 0 Å². The SMILES string of the molecule is Cc1ccc2c(c1)nc(CCCl)n2-c1cccc(Cl)c1C. The zero-order chi connectivity index (χ0) is 15.0. The smallest absolute Gasteiger partial charge is 0.115 e. The van der Waals surface area contributed by atoms with E-state index in [2.05, 4.69) is 35.8 Å². The second-order valence-corrected chi connectivity index (χ2v) is 5.96. The van der Waals surface area contributed by atoms with Gasteiger partial charge in [-0.15, -0.1) is 11.6 Å². The van der Waals surface area contributed by atoms with Crippen LogP contribution in [0.3, 0.4) is 0 Å². The Morgan fingerprint density at radius 3 is 2.71 bits per heavy atom. The van der Waals surface area contributed by atoms with Crippen molar-refractivity contribution in [3.63, 3.8) is 0 Å². The lowest BCUT2D eigenvalue weighted by Crippen LogP contribution is -2.04. The number of hydrogen-bond acceptors (Lipinski definition) is 1. The highest BCUT2D eigenvalue weighted by Crippen LogP contribution is 2.28. The monoisotopic (exact) mass is 318 g/mol. The summed E-state index contributed by atoms with van der Waals surface area (Å²) in [6, 6.07) is 12.3. The molecule has 2 nitrogen and oxygen atoms in total. The molecule has 0 radical (unpaired) electrons. The van der Waals surface area contributed by atoms with Gasteiger partial charge in [-0.25, -0.2) is 4.98 Å². The number of halogens is 2. The third kappa shape index (κ3) is 2.54. The van der Waals surface area contributed by atoms with Crippen LogP contribution in [0.25, 0.3) is 16.7 Å². The van der Waals surface area contributed by atoms with Gasteiger partial charge in [-0.2, -0.15) is 0 Å². The molecule has 0 aliphatic rings. The normalized spacial score (nSPS) is 11.2. The van der Waals surface area contributed by atoms with Crippen molar-refractivity contribution < 1.29 is 0 Å². The largest absolute Gasteiger partial charge is 0.296 e. The first-order chi connectivity index (χ1) is 10.1. The van der Waals surface area contributed by atoms with Crippen molar-refractivity contribution in [2.45, 2.75) is 20.3 Å². The fourth-order valence-electron chi connectivity index (χ4n) is 2.60. The summed E-state index contributed by atoms with van der Waals surface area (Å²) in [4.78, 5) is 4.75. The van der Waals surface area contributed by atoms with Crippen LogP contribution in [-0.2, 0) is 6.42 Å². The predicted octanol–water partition coefficient (Wildman–Crippen LogP) is 5.08. The molecule has 0 aliphatic carbocycles. The number of imidazole rings is 1. The van der Waals surface area contributed by atoms with Crippen molar-refractivity contribution >= 4 is 34.2 Å². The first kappa shape index (κ1) is 14.4. The molecule has 0 bridgehead atoms. The van der Waals surface area contributed by atoms with Crippen LogP contribution in [0.4, 0.5) is 0 Å². The molecule has 0 atom stereocenters. The van der Waals surface area contributed by atoms with Gasteiger partial charge in [0.1, 0.15) is 5.82 Å². The van der Waals surface area contributed by atoms with Crippen molar-refractivity contribution in [1.82, 2.24) is 9.55 Å². The average Bonchev–Trinajstić information content (AvgIpc) is 2.79. The van der Waals surface area contributed by atoms with Crippen LogP contribution in [0.1, 0.15) is 17.0 Å². The Labute approximate surface area is 134 Å². The highest BCUT2D eigenvalue weighted by molar-refractivity contribution is 6.31. The number of hydrogen-bond donors (Lipinski definition) is 0. The van der Waals surface area contributed by atoms with Gasteiger partial charge in [-0.1, -0.05) is 23.7 Å². The summed E-state index contributed by atoms with van der Waals surface area (Å²) >= 11 is 12.2. The van der Waals surface area contributed by atoms with Gasteiger partial charge in [-0.05, 0) is 49.2 Å². The molecular formula is C17H16Cl2N2. The molecule has 0 unspecified atom stereocenters. The van der Waals surface area contributed by atoms with E-state index >= 15 is 0 Å². The van der Waals surface area contributed by atoms with Crippen LogP contribution in [0.2, 0.25) is 5.02 Å². The summed E-state index contributed by atoms with van der Waals surface area (Å²) in [5.74, 6) is 1.51. The van der Waals surface area contributed by atoms with Crippen LogP contribution in [0.15, 0.2) is 36.4 Å². The van der Waals surface area contributed by atoms with Crippen molar-refractivity contribution in [2.75, 3.05) is 5.88 Å². The molecule has 21 heavy (non-hydrogen) atoms. The van der Waals surface area contributed by atoms with E-state index in [4.69, 9.17) is 28.2 Å². The second kappa shape index (κ2) is 5.70. The summed E-state index contributed by atoms with van der Waals surface area (Å²) in [6.07, 6.45) is 0.723. The Morgan fingerprint density at radius 1 is 1.14 bits per heavy atom. The zero-order valence-electron chi connectivity index (χ0n) is 12.0. The number of alkyl halides is 1. The van der Waals surface area contributed by atoms with Gasteiger partial charge in [0.25, 0.3) is 0 Å². The quantitative estimate of drug-likeness (QED) is 0.616. The summed E-state index contributed by atoms with van der Waals surface area (Å²) in [6.45, 7) is 4.10. The van der Waals surface area contributed by atoms with Crippen LogP contribution in [-0.4, -0.2) is 15.4 Å². The number of nitrogens with zero attached hydrogens (tertiary/aromatic N) is 2. The first-order valence-corrected chi connectivity index (χ1v) is 7.82. The highest BCUT2D eigenvalue weighted by Gasteiger charge is 2.14. The molecule has 3 rings (SSSR count). The molecule has 0 amide bonds. The van der Waals surface area contributed by atoms with Gasteiger partial charge in [0.15, 0.2) is 0 Å². The molecular weight excluding hydrogens is 303 g/mol. The Balaban J connectivity index is 2.33. The molecule has 1 aromatic heterocycles. The van der Waals surface area contributed by atoms with Crippen LogP contribution in [0.5, 0.6) is 0 Å². The minimum absolute atomic E-state index is 0.544. The molecule has 108 valence electrons. The van der Waals surface area contributed by atoms with Gasteiger partial charge in [0, 0.05) is 17.3 Å². The van der Waals surface area contributed by atoms with E-state index < -0.39 is 0 Å². The maximum absolute atomic E-state index is 6.28. The van der Waals surface area contributed by atoms with E-state index in [1.807, 2.05) is 19.1 Å². The predicted molar refractivity (Wildman–Crippen MR) is 90.0 cm³/mol. The van der Waals surface area contributed by atoms with E-state index in [1.165, 1.54) is 5.56 Å². The van der Waals surface area contributed by atoms with Crippen molar-refractivity contribution in [1.29, 1.82) is 0 Å². The topological polar surface area (TPSA) is 17.8 Å². The van der Waals surface area contributed by atoms with Gasteiger partial charge >= 0.3 is 0 Å². The molecule has 0 fully saturated rings. The molecule has 0 saturated carbocycles. The molecule has 1 heterocycles. The fraction of sp³-hybridized carbons (Fsp3) is 0.235. The third-order valence-electron chi connectivity index (χ3n) is 3.68. The standard InChI is InChI=1S/C17H16Cl2N2/c1-11-6-7-16-14(10-11)20-17(8-9-18)21(16)15-5-3-4-13(19)12(15)2/h3-7,10H,8-9H2,1-2H3.